The fourth-order valence-electron chi connectivity index (χ4n) is 3.61. The van der Waals surface area contributed by atoms with Crippen LogP contribution in [-0.4, -0.2) is 14.1 Å². The molecular weight excluding hydrogens is 300 g/mol. The predicted molar refractivity (Wildman–Crippen MR) is 97.8 cm³/mol. The Balaban J connectivity index is 2.02. The molecule has 1 aromatic carbocycles. The van der Waals surface area contributed by atoms with Crippen LogP contribution in [0.2, 0.25) is 18.1 Å². The lowest BCUT2D eigenvalue weighted by atomic mass is 9.79. The summed E-state index contributed by atoms with van der Waals surface area (Å²) in [4.78, 5) is 12.2. The lowest BCUT2D eigenvalue weighted by Gasteiger charge is -2.42. The molecule has 0 N–H and O–H groups in total. The molecule has 0 amide bonds. The van der Waals surface area contributed by atoms with Gasteiger partial charge in [-0.2, -0.15) is 0 Å². The lowest BCUT2D eigenvalue weighted by molar-refractivity contribution is -0.115. The zero-order chi connectivity index (χ0) is 17.0. The number of hydrogen-bond acceptors (Lipinski definition) is 2. The van der Waals surface area contributed by atoms with Gasteiger partial charge in [-0.05, 0) is 59.7 Å². The van der Waals surface area contributed by atoms with Gasteiger partial charge in [0.25, 0.3) is 0 Å². The van der Waals surface area contributed by atoms with Crippen molar-refractivity contribution in [3.05, 3.63) is 41.0 Å². The van der Waals surface area contributed by atoms with Crippen LogP contribution < -0.4 is 0 Å². The Hall–Kier alpha value is -1.19. The van der Waals surface area contributed by atoms with E-state index in [1.54, 1.807) is 0 Å². The first-order chi connectivity index (χ1) is 10.6. The van der Waals surface area contributed by atoms with E-state index in [0.717, 1.165) is 12.0 Å². The molecule has 124 valence electrons. The zero-order valence-corrected chi connectivity index (χ0v) is 16.2. The van der Waals surface area contributed by atoms with Crippen molar-refractivity contribution in [3.63, 3.8) is 0 Å². The molecule has 0 aromatic heterocycles. The van der Waals surface area contributed by atoms with Crippen LogP contribution in [0.1, 0.15) is 57.8 Å². The van der Waals surface area contributed by atoms with Crippen LogP contribution >= 0.6 is 0 Å². The topological polar surface area (TPSA) is 26.3 Å². The number of rotatable bonds is 2. The molecule has 3 rings (SSSR count). The largest absolute Gasteiger partial charge is 0.410 e. The molecule has 2 aliphatic rings. The molecule has 2 aliphatic carbocycles. The van der Waals surface area contributed by atoms with Crippen molar-refractivity contribution >= 4 is 19.7 Å². The highest BCUT2D eigenvalue weighted by molar-refractivity contribution is 6.74. The molecule has 2 nitrogen and oxygen atoms in total. The monoisotopic (exact) mass is 328 g/mol. The first-order valence-corrected chi connectivity index (χ1v) is 11.5. The number of carbonyl (C=O) groups is 1. The summed E-state index contributed by atoms with van der Waals surface area (Å²) in [5.74, 6) is 0.653. The van der Waals surface area contributed by atoms with Crippen LogP contribution in [-0.2, 0) is 9.22 Å². The highest BCUT2D eigenvalue weighted by Gasteiger charge is 2.44. The summed E-state index contributed by atoms with van der Waals surface area (Å²) in [7, 11) is -1.84. The first kappa shape index (κ1) is 16.7. The third-order valence-corrected chi connectivity index (χ3v) is 10.5. The number of allylic oxidation sites excluding steroid dienone is 2. The minimum absolute atomic E-state index is 0.125. The van der Waals surface area contributed by atoms with Gasteiger partial charge >= 0.3 is 0 Å². The van der Waals surface area contributed by atoms with E-state index in [1.165, 1.54) is 16.7 Å². The molecule has 1 aromatic rings. The van der Waals surface area contributed by atoms with E-state index in [2.05, 4.69) is 58.1 Å². The van der Waals surface area contributed by atoms with Crippen LogP contribution in [0.4, 0.5) is 0 Å². The second-order valence-electron chi connectivity index (χ2n) is 8.55. The van der Waals surface area contributed by atoms with Crippen molar-refractivity contribution in [1.29, 1.82) is 0 Å². The molecule has 3 heteroatoms. The van der Waals surface area contributed by atoms with E-state index >= 15 is 0 Å². The summed E-state index contributed by atoms with van der Waals surface area (Å²) in [6.07, 6.45) is 1.73. The molecule has 0 unspecified atom stereocenters. The van der Waals surface area contributed by atoms with Crippen molar-refractivity contribution in [1.82, 2.24) is 0 Å². The summed E-state index contributed by atoms with van der Waals surface area (Å²) >= 11 is 0. The number of fused-ring (bicyclic) bond motifs is 3. The molecule has 0 saturated heterocycles. The maximum atomic E-state index is 12.2. The third-order valence-electron chi connectivity index (χ3n) is 6.00. The van der Waals surface area contributed by atoms with Crippen LogP contribution in [0.25, 0.3) is 5.57 Å². The molecule has 0 aliphatic heterocycles. The van der Waals surface area contributed by atoms with Gasteiger partial charge < -0.3 is 4.43 Å². The van der Waals surface area contributed by atoms with Gasteiger partial charge in [0.05, 0.1) is 6.10 Å². The molecule has 0 fully saturated rings. The van der Waals surface area contributed by atoms with Crippen molar-refractivity contribution in [2.24, 2.45) is 5.92 Å². The fourth-order valence-corrected chi connectivity index (χ4v) is 4.90. The second kappa shape index (κ2) is 5.42. The van der Waals surface area contributed by atoms with Gasteiger partial charge in [0.15, 0.2) is 14.1 Å². The lowest BCUT2D eigenvalue weighted by Crippen LogP contribution is -2.42. The minimum atomic E-state index is -1.84. The van der Waals surface area contributed by atoms with Gasteiger partial charge in [-0.15, -0.1) is 0 Å². The van der Waals surface area contributed by atoms with Gasteiger partial charge in [0.1, 0.15) is 0 Å². The second-order valence-corrected chi connectivity index (χ2v) is 13.3. The highest BCUT2D eigenvalue weighted by atomic mass is 28.4. The molecular formula is C20H28O2Si. The summed E-state index contributed by atoms with van der Waals surface area (Å²) in [6.45, 7) is 13.5. The van der Waals surface area contributed by atoms with Crippen LogP contribution in [0.3, 0.4) is 0 Å². The Morgan fingerprint density at radius 3 is 2.48 bits per heavy atom. The number of benzene rings is 1. The summed E-state index contributed by atoms with van der Waals surface area (Å²) < 4.78 is 6.75. The maximum Gasteiger partial charge on any atom is 0.192 e. The van der Waals surface area contributed by atoms with E-state index in [4.69, 9.17) is 4.43 Å². The van der Waals surface area contributed by atoms with Crippen LogP contribution in [0.5, 0.6) is 0 Å². The predicted octanol–water partition coefficient (Wildman–Crippen LogP) is 5.52. The standard InChI is InChI=1S/C20H28O2Si/c1-13-17(21)11-14-12-18(22-23(5,6)20(2,3)4)15-9-7-8-10-16(15)19(13)14/h7-10,14,18H,11-12H2,1-6H3/t14-,18-/m1/s1. The summed E-state index contributed by atoms with van der Waals surface area (Å²) in [6, 6.07) is 8.52. The average Bonchev–Trinajstić information content (AvgIpc) is 2.72. The van der Waals surface area contributed by atoms with E-state index in [-0.39, 0.29) is 11.1 Å². The smallest absolute Gasteiger partial charge is 0.192 e. The fraction of sp³-hybridized carbons (Fsp3) is 0.550. The molecule has 0 saturated carbocycles. The molecule has 2 atom stereocenters. The van der Waals surface area contributed by atoms with Gasteiger partial charge in [0.2, 0.25) is 0 Å². The Morgan fingerprint density at radius 2 is 1.83 bits per heavy atom. The molecule has 0 bridgehead atoms. The van der Waals surface area contributed by atoms with Crippen LogP contribution in [0, 0.1) is 5.92 Å². The van der Waals surface area contributed by atoms with Crippen molar-refractivity contribution in [2.45, 2.75) is 64.8 Å². The zero-order valence-electron chi connectivity index (χ0n) is 15.2. The molecule has 0 spiro atoms. The SMILES string of the molecule is CC1=C2c3ccccc3[C@H](O[Si](C)(C)C(C)(C)C)C[C@H]2CC1=O. The summed E-state index contributed by atoms with van der Waals surface area (Å²) in [5, 5.41) is 0.194. The Morgan fingerprint density at radius 1 is 1.17 bits per heavy atom. The van der Waals surface area contributed by atoms with E-state index in [9.17, 15) is 4.79 Å². The van der Waals surface area contributed by atoms with Crippen LogP contribution in [0.15, 0.2) is 29.8 Å². The van der Waals surface area contributed by atoms with Crippen molar-refractivity contribution in [2.75, 3.05) is 0 Å². The summed E-state index contributed by atoms with van der Waals surface area (Å²) in [5.41, 5.74) is 4.77. The van der Waals surface area contributed by atoms with E-state index in [0.29, 0.717) is 18.1 Å². The average molecular weight is 329 g/mol. The highest BCUT2D eigenvalue weighted by Crippen LogP contribution is 2.51. The Kier molecular flexibility index (Phi) is 3.93. The van der Waals surface area contributed by atoms with Gasteiger partial charge in [-0.25, -0.2) is 0 Å². The van der Waals surface area contributed by atoms with E-state index < -0.39 is 8.32 Å². The Bertz CT molecular complexity index is 679. The van der Waals surface area contributed by atoms with Gasteiger partial charge in [0, 0.05) is 6.42 Å². The van der Waals surface area contributed by atoms with Crippen molar-refractivity contribution < 1.29 is 9.22 Å². The van der Waals surface area contributed by atoms with Crippen molar-refractivity contribution in [3.8, 4) is 0 Å². The first-order valence-electron chi connectivity index (χ1n) is 8.63. The Labute approximate surface area is 141 Å². The number of carbonyl (C=O) groups excluding carboxylic acids is 1. The van der Waals surface area contributed by atoms with Gasteiger partial charge in [-0.3, -0.25) is 4.79 Å². The number of hydrogen-bond donors (Lipinski definition) is 0. The maximum absolute atomic E-state index is 12.2. The third kappa shape index (κ3) is 2.74. The van der Waals surface area contributed by atoms with E-state index in [1.807, 2.05) is 6.92 Å². The number of Topliss-reactive ketones (excluding diaryl/α,β-unsaturated/α-hetero) is 1. The normalized spacial score (nSPS) is 24.7. The minimum Gasteiger partial charge on any atom is -0.410 e. The number of ketones is 1. The molecule has 23 heavy (non-hydrogen) atoms. The molecule has 0 radical (unpaired) electrons. The molecule has 0 heterocycles. The quantitative estimate of drug-likeness (QED) is 0.669. The van der Waals surface area contributed by atoms with Gasteiger partial charge in [-0.1, -0.05) is 45.0 Å².